The second kappa shape index (κ2) is 8.26. The molecule has 1 saturated heterocycles. The van der Waals surface area contributed by atoms with Crippen molar-refractivity contribution >= 4 is 33.3 Å². The van der Waals surface area contributed by atoms with Crippen molar-refractivity contribution in [2.24, 2.45) is 5.73 Å². The average Bonchev–Trinajstić information content (AvgIpc) is 3.05. The maximum absolute atomic E-state index is 12.3. The maximum atomic E-state index is 12.3. The normalized spacial score (nSPS) is 16.0. The fraction of sp³-hybridized carbons (Fsp3) is 0.353. The highest BCUT2D eigenvalue weighted by atomic mass is 32.1. The van der Waals surface area contributed by atoms with Gasteiger partial charge in [0.05, 0.1) is 19.4 Å². The van der Waals surface area contributed by atoms with Crippen molar-refractivity contribution in [3.8, 4) is 0 Å². The molecule has 1 aliphatic heterocycles. The second-order valence-corrected chi connectivity index (χ2v) is 6.85. The lowest BCUT2D eigenvalue weighted by Crippen LogP contribution is -2.45. The fourth-order valence-electron chi connectivity index (χ4n) is 2.64. The molecule has 1 aromatic heterocycles. The number of nitrogens with two attached hydrogens (primary N) is 1. The van der Waals surface area contributed by atoms with Gasteiger partial charge in [-0.2, -0.15) is 0 Å². The first-order valence-electron chi connectivity index (χ1n) is 8.30. The molecule has 8 nitrogen and oxygen atoms in total. The number of nitrogens with zero attached hydrogens (tertiary/aromatic N) is 2. The standard InChI is InChI=1S/C17H21N5O3S/c1-11(22-7-9-25-10-8-22)19-16-13(14(18)23)20-17(26-16)21-15(24)12-5-3-2-4-6-12/h2-6,11,19H,7-10H2,1H3,(H2,18,23)(H,20,21,24). The van der Waals surface area contributed by atoms with Gasteiger partial charge in [0.2, 0.25) is 0 Å². The number of hydrogen-bond donors (Lipinski definition) is 3. The molecule has 9 heteroatoms. The van der Waals surface area contributed by atoms with E-state index in [1.54, 1.807) is 24.3 Å². The highest BCUT2D eigenvalue weighted by molar-refractivity contribution is 7.20. The minimum absolute atomic E-state index is 0.0184. The van der Waals surface area contributed by atoms with Crippen LogP contribution >= 0.6 is 11.3 Å². The van der Waals surface area contributed by atoms with Gasteiger partial charge in [-0.25, -0.2) is 4.98 Å². The number of carbonyl (C=O) groups is 2. The molecule has 0 aliphatic carbocycles. The molecule has 138 valence electrons. The first-order valence-corrected chi connectivity index (χ1v) is 9.11. The Morgan fingerprint density at radius 1 is 1.27 bits per heavy atom. The van der Waals surface area contributed by atoms with Crippen molar-refractivity contribution < 1.29 is 14.3 Å². The summed E-state index contributed by atoms with van der Waals surface area (Å²) in [5.41, 5.74) is 6.08. The van der Waals surface area contributed by atoms with Crippen LogP contribution in [-0.2, 0) is 4.74 Å². The van der Waals surface area contributed by atoms with Gasteiger partial charge < -0.3 is 15.8 Å². The van der Waals surface area contributed by atoms with Crippen LogP contribution in [0.4, 0.5) is 10.1 Å². The molecule has 2 heterocycles. The molecule has 1 fully saturated rings. The molecule has 3 rings (SSSR count). The Kier molecular flexibility index (Phi) is 5.82. The summed E-state index contributed by atoms with van der Waals surface area (Å²) in [7, 11) is 0. The largest absolute Gasteiger partial charge is 0.379 e. The molecule has 0 radical (unpaired) electrons. The maximum Gasteiger partial charge on any atom is 0.270 e. The highest BCUT2D eigenvalue weighted by Gasteiger charge is 2.22. The number of thiazole rings is 1. The molecule has 1 atom stereocenters. The van der Waals surface area contributed by atoms with E-state index in [9.17, 15) is 9.59 Å². The molecule has 1 unspecified atom stereocenters. The lowest BCUT2D eigenvalue weighted by molar-refractivity contribution is 0.0254. The second-order valence-electron chi connectivity index (χ2n) is 5.85. The summed E-state index contributed by atoms with van der Waals surface area (Å²) >= 11 is 1.19. The van der Waals surface area contributed by atoms with Crippen LogP contribution < -0.4 is 16.4 Å². The van der Waals surface area contributed by atoms with E-state index < -0.39 is 5.91 Å². The molecule has 0 saturated carbocycles. The number of benzene rings is 1. The van der Waals surface area contributed by atoms with Crippen LogP contribution in [0.25, 0.3) is 0 Å². The topological polar surface area (TPSA) is 110 Å². The Labute approximate surface area is 155 Å². The van der Waals surface area contributed by atoms with E-state index in [2.05, 4.69) is 20.5 Å². The monoisotopic (exact) mass is 375 g/mol. The summed E-state index contributed by atoms with van der Waals surface area (Å²) in [4.78, 5) is 30.4. The van der Waals surface area contributed by atoms with Crippen LogP contribution in [-0.4, -0.2) is 54.2 Å². The number of anilines is 2. The van der Waals surface area contributed by atoms with Gasteiger partial charge in [-0.15, -0.1) is 0 Å². The van der Waals surface area contributed by atoms with Crippen LogP contribution in [0.2, 0.25) is 0 Å². The van der Waals surface area contributed by atoms with Crippen molar-refractivity contribution in [3.63, 3.8) is 0 Å². The summed E-state index contributed by atoms with van der Waals surface area (Å²) in [6.07, 6.45) is -0.0184. The van der Waals surface area contributed by atoms with Crippen molar-refractivity contribution in [1.82, 2.24) is 9.88 Å². The van der Waals surface area contributed by atoms with E-state index >= 15 is 0 Å². The molecule has 2 amide bonds. The molecule has 0 bridgehead atoms. The molecule has 26 heavy (non-hydrogen) atoms. The Morgan fingerprint density at radius 2 is 1.96 bits per heavy atom. The Hall–Kier alpha value is -2.49. The molecular formula is C17H21N5O3S. The zero-order valence-corrected chi connectivity index (χ0v) is 15.2. The van der Waals surface area contributed by atoms with Crippen molar-refractivity contribution in [3.05, 3.63) is 41.6 Å². The third-order valence-electron chi connectivity index (χ3n) is 4.05. The Morgan fingerprint density at radius 3 is 2.62 bits per heavy atom. The SMILES string of the molecule is CC(Nc1sc(NC(=O)c2ccccc2)nc1C(N)=O)N1CCOCC1. The van der Waals surface area contributed by atoms with E-state index in [1.165, 1.54) is 11.3 Å². The van der Waals surface area contributed by atoms with Gasteiger partial charge in [0, 0.05) is 18.7 Å². The average molecular weight is 375 g/mol. The molecule has 4 N–H and O–H groups in total. The molecule has 1 aliphatic rings. The zero-order chi connectivity index (χ0) is 18.5. The molecule has 2 aromatic rings. The van der Waals surface area contributed by atoms with Gasteiger partial charge in [0.25, 0.3) is 11.8 Å². The lowest BCUT2D eigenvalue weighted by Gasteiger charge is -2.32. The van der Waals surface area contributed by atoms with Crippen LogP contribution in [0.5, 0.6) is 0 Å². The summed E-state index contributed by atoms with van der Waals surface area (Å²) < 4.78 is 5.35. The third-order valence-corrected chi connectivity index (χ3v) is 4.95. The van der Waals surface area contributed by atoms with E-state index in [1.807, 2.05) is 13.0 Å². The number of carbonyl (C=O) groups excluding carboxylic acids is 2. The number of ether oxygens (including phenoxy) is 1. The van der Waals surface area contributed by atoms with E-state index in [0.717, 1.165) is 13.1 Å². The van der Waals surface area contributed by atoms with E-state index in [0.29, 0.717) is 28.9 Å². The van der Waals surface area contributed by atoms with Gasteiger partial charge in [-0.3, -0.25) is 19.8 Å². The predicted molar refractivity (Wildman–Crippen MR) is 101 cm³/mol. The number of amides is 2. The summed E-state index contributed by atoms with van der Waals surface area (Å²) in [6, 6.07) is 8.81. The summed E-state index contributed by atoms with van der Waals surface area (Å²) in [5, 5.41) is 6.85. The number of hydrogen-bond acceptors (Lipinski definition) is 7. The minimum atomic E-state index is -0.641. The predicted octanol–water partition coefficient (Wildman–Crippen LogP) is 1.58. The van der Waals surface area contributed by atoms with Crippen LogP contribution in [0.3, 0.4) is 0 Å². The summed E-state index contributed by atoms with van der Waals surface area (Å²) in [6.45, 7) is 4.95. The highest BCUT2D eigenvalue weighted by Crippen LogP contribution is 2.29. The lowest BCUT2D eigenvalue weighted by atomic mass is 10.2. The van der Waals surface area contributed by atoms with Crippen LogP contribution in [0.1, 0.15) is 27.8 Å². The van der Waals surface area contributed by atoms with Crippen LogP contribution in [0, 0.1) is 0 Å². The van der Waals surface area contributed by atoms with E-state index in [4.69, 9.17) is 10.5 Å². The van der Waals surface area contributed by atoms with Gasteiger partial charge in [0.15, 0.2) is 10.8 Å². The van der Waals surface area contributed by atoms with Crippen molar-refractivity contribution in [1.29, 1.82) is 0 Å². The van der Waals surface area contributed by atoms with Gasteiger partial charge in [-0.1, -0.05) is 29.5 Å². The zero-order valence-electron chi connectivity index (χ0n) is 14.4. The number of primary amides is 1. The summed E-state index contributed by atoms with van der Waals surface area (Å²) in [5.74, 6) is -0.929. The van der Waals surface area contributed by atoms with Crippen molar-refractivity contribution in [2.75, 3.05) is 36.9 Å². The van der Waals surface area contributed by atoms with Gasteiger partial charge in [0.1, 0.15) is 5.00 Å². The molecule has 1 aromatic carbocycles. The number of morpholine rings is 1. The Bertz CT molecular complexity index is 774. The van der Waals surface area contributed by atoms with Crippen LogP contribution in [0.15, 0.2) is 30.3 Å². The number of rotatable bonds is 6. The molecular weight excluding hydrogens is 354 g/mol. The van der Waals surface area contributed by atoms with Gasteiger partial charge >= 0.3 is 0 Å². The number of nitrogens with one attached hydrogen (secondary N) is 2. The first-order chi connectivity index (χ1) is 12.5. The smallest absolute Gasteiger partial charge is 0.270 e. The quantitative estimate of drug-likeness (QED) is 0.707. The first kappa shape index (κ1) is 18.3. The molecule has 0 spiro atoms. The van der Waals surface area contributed by atoms with Crippen molar-refractivity contribution in [2.45, 2.75) is 13.1 Å². The third kappa shape index (κ3) is 4.37. The van der Waals surface area contributed by atoms with E-state index in [-0.39, 0.29) is 17.8 Å². The minimum Gasteiger partial charge on any atom is -0.379 e. The fourth-order valence-corrected chi connectivity index (χ4v) is 3.59. The Balaban J connectivity index is 1.73. The number of aromatic nitrogens is 1. The van der Waals surface area contributed by atoms with Gasteiger partial charge in [-0.05, 0) is 19.1 Å².